The molecule has 0 aromatic heterocycles. The Bertz CT molecular complexity index is 735. The molecule has 0 atom stereocenters. The molecular formula is C18H12ClF. The predicted molar refractivity (Wildman–Crippen MR) is 82.3 cm³/mol. The Kier molecular flexibility index (Phi) is 3.53. The van der Waals surface area contributed by atoms with Crippen LogP contribution >= 0.6 is 11.6 Å². The number of hydrogen-bond donors (Lipinski definition) is 0. The lowest BCUT2D eigenvalue weighted by Gasteiger charge is -2.07. The molecule has 0 bridgehead atoms. The molecule has 0 spiro atoms. The molecule has 3 aromatic carbocycles. The zero-order chi connectivity index (χ0) is 13.9. The van der Waals surface area contributed by atoms with Crippen LogP contribution in [0.4, 0.5) is 4.39 Å². The van der Waals surface area contributed by atoms with Crippen LogP contribution in [0.15, 0.2) is 72.8 Å². The van der Waals surface area contributed by atoms with Gasteiger partial charge in [-0.1, -0.05) is 66.2 Å². The van der Waals surface area contributed by atoms with Gasteiger partial charge in [0.15, 0.2) is 0 Å². The van der Waals surface area contributed by atoms with Gasteiger partial charge in [-0.15, -0.1) is 0 Å². The van der Waals surface area contributed by atoms with Crippen LogP contribution < -0.4 is 0 Å². The first-order chi connectivity index (χ1) is 9.74. The van der Waals surface area contributed by atoms with E-state index >= 15 is 0 Å². The summed E-state index contributed by atoms with van der Waals surface area (Å²) in [6, 6.07) is 22.2. The molecule has 3 rings (SSSR count). The lowest BCUT2D eigenvalue weighted by atomic mass is 10.00. The van der Waals surface area contributed by atoms with E-state index in [0.29, 0.717) is 10.6 Å². The third-order valence-corrected chi connectivity index (χ3v) is 3.45. The summed E-state index contributed by atoms with van der Waals surface area (Å²) in [6.07, 6.45) is 0. The third-order valence-electron chi connectivity index (χ3n) is 3.21. The molecule has 0 aliphatic heterocycles. The quantitative estimate of drug-likeness (QED) is 0.556. The van der Waals surface area contributed by atoms with E-state index in [2.05, 4.69) is 0 Å². The Morgan fingerprint density at radius 1 is 0.650 bits per heavy atom. The van der Waals surface area contributed by atoms with Crippen LogP contribution in [0.2, 0.25) is 5.02 Å². The van der Waals surface area contributed by atoms with Crippen LogP contribution in [0.25, 0.3) is 22.3 Å². The molecule has 0 unspecified atom stereocenters. The van der Waals surface area contributed by atoms with Crippen molar-refractivity contribution < 1.29 is 4.39 Å². The topological polar surface area (TPSA) is 0 Å². The van der Waals surface area contributed by atoms with Gasteiger partial charge in [0.25, 0.3) is 0 Å². The Morgan fingerprint density at radius 3 is 2.05 bits per heavy atom. The summed E-state index contributed by atoms with van der Waals surface area (Å²) in [6.45, 7) is 0. The zero-order valence-corrected chi connectivity index (χ0v) is 11.4. The molecule has 0 heterocycles. The first kappa shape index (κ1) is 12.9. The van der Waals surface area contributed by atoms with E-state index in [4.69, 9.17) is 11.6 Å². The highest BCUT2D eigenvalue weighted by Gasteiger charge is 2.07. The van der Waals surface area contributed by atoms with Crippen LogP contribution in [0.3, 0.4) is 0 Å². The van der Waals surface area contributed by atoms with Crippen LogP contribution in [-0.2, 0) is 0 Å². The zero-order valence-electron chi connectivity index (χ0n) is 10.7. The molecule has 0 radical (unpaired) electrons. The first-order valence-corrected chi connectivity index (χ1v) is 6.73. The molecule has 0 saturated heterocycles. The van der Waals surface area contributed by atoms with Gasteiger partial charge >= 0.3 is 0 Å². The van der Waals surface area contributed by atoms with Crippen LogP contribution in [0.5, 0.6) is 0 Å². The molecule has 0 saturated carbocycles. The second kappa shape index (κ2) is 5.48. The number of halogens is 2. The van der Waals surface area contributed by atoms with E-state index in [-0.39, 0.29) is 5.82 Å². The predicted octanol–water partition coefficient (Wildman–Crippen LogP) is 5.81. The molecular weight excluding hydrogens is 271 g/mol. The van der Waals surface area contributed by atoms with Gasteiger partial charge in [0.2, 0.25) is 0 Å². The van der Waals surface area contributed by atoms with Crippen molar-refractivity contribution in [1.82, 2.24) is 0 Å². The van der Waals surface area contributed by atoms with Crippen LogP contribution in [-0.4, -0.2) is 0 Å². The van der Waals surface area contributed by atoms with E-state index in [9.17, 15) is 4.39 Å². The van der Waals surface area contributed by atoms with Gasteiger partial charge in [-0.3, -0.25) is 0 Å². The summed E-state index contributed by atoms with van der Waals surface area (Å²) in [5, 5.41) is 0.648. The Morgan fingerprint density at radius 2 is 1.35 bits per heavy atom. The maximum Gasteiger partial charge on any atom is 0.131 e. The smallest absolute Gasteiger partial charge is 0.131 e. The van der Waals surface area contributed by atoms with E-state index in [1.165, 1.54) is 0 Å². The van der Waals surface area contributed by atoms with Crippen LogP contribution in [0.1, 0.15) is 0 Å². The van der Waals surface area contributed by atoms with Crippen molar-refractivity contribution in [3.8, 4) is 22.3 Å². The Labute approximate surface area is 122 Å². The van der Waals surface area contributed by atoms with Gasteiger partial charge in [-0.25, -0.2) is 4.39 Å². The summed E-state index contributed by atoms with van der Waals surface area (Å²) in [5.74, 6) is -0.228. The van der Waals surface area contributed by atoms with Gasteiger partial charge in [-0.05, 0) is 34.9 Å². The molecule has 98 valence electrons. The third kappa shape index (κ3) is 2.59. The largest absolute Gasteiger partial charge is 0.206 e. The van der Waals surface area contributed by atoms with E-state index < -0.39 is 0 Å². The maximum atomic E-state index is 14.3. The second-order valence-corrected chi connectivity index (χ2v) is 5.01. The fraction of sp³-hybridized carbons (Fsp3) is 0. The molecule has 0 nitrogen and oxygen atoms in total. The minimum absolute atomic E-state index is 0.228. The molecule has 0 aliphatic carbocycles. The standard InChI is InChI=1S/C18H12ClF/c19-16-8-4-7-14(11-16)15-9-10-17(18(20)12-15)13-5-2-1-3-6-13/h1-12H. The van der Waals surface area contributed by atoms with Crippen molar-refractivity contribution in [2.24, 2.45) is 0 Å². The average Bonchev–Trinajstić information content (AvgIpc) is 2.48. The minimum Gasteiger partial charge on any atom is -0.206 e. The van der Waals surface area contributed by atoms with Crippen molar-refractivity contribution in [3.63, 3.8) is 0 Å². The van der Waals surface area contributed by atoms with E-state index in [1.54, 1.807) is 18.2 Å². The van der Waals surface area contributed by atoms with Gasteiger partial charge in [0.1, 0.15) is 5.82 Å². The number of rotatable bonds is 2. The first-order valence-electron chi connectivity index (χ1n) is 6.35. The summed E-state index contributed by atoms with van der Waals surface area (Å²) in [7, 11) is 0. The molecule has 20 heavy (non-hydrogen) atoms. The van der Waals surface area contributed by atoms with Gasteiger partial charge in [-0.2, -0.15) is 0 Å². The van der Waals surface area contributed by atoms with Gasteiger partial charge in [0, 0.05) is 10.6 Å². The SMILES string of the molecule is Fc1cc(-c2cccc(Cl)c2)ccc1-c1ccccc1. The van der Waals surface area contributed by atoms with E-state index in [0.717, 1.165) is 16.7 Å². The van der Waals surface area contributed by atoms with Crippen LogP contribution in [0, 0.1) is 5.82 Å². The minimum atomic E-state index is -0.228. The van der Waals surface area contributed by atoms with Crippen molar-refractivity contribution in [2.45, 2.75) is 0 Å². The maximum absolute atomic E-state index is 14.3. The molecule has 2 heteroatoms. The van der Waals surface area contributed by atoms with Gasteiger partial charge in [0.05, 0.1) is 0 Å². The Balaban J connectivity index is 2.04. The summed E-state index contributed by atoms with van der Waals surface area (Å²) >= 11 is 5.97. The van der Waals surface area contributed by atoms with Crippen molar-refractivity contribution >= 4 is 11.6 Å². The van der Waals surface area contributed by atoms with E-state index in [1.807, 2.05) is 54.6 Å². The number of benzene rings is 3. The van der Waals surface area contributed by atoms with Crippen molar-refractivity contribution in [2.75, 3.05) is 0 Å². The highest BCUT2D eigenvalue weighted by Crippen LogP contribution is 2.28. The summed E-state index contributed by atoms with van der Waals surface area (Å²) in [4.78, 5) is 0. The number of hydrogen-bond acceptors (Lipinski definition) is 0. The Hall–Kier alpha value is -2.12. The molecule has 0 N–H and O–H groups in total. The molecule has 0 amide bonds. The van der Waals surface area contributed by atoms with Crippen molar-refractivity contribution in [3.05, 3.63) is 83.6 Å². The molecule has 0 aliphatic rings. The summed E-state index contributed by atoms with van der Waals surface area (Å²) < 4.78 is 14.3. The monoisotopic (exact) mass is 282 g/mol. The average molecular weight is 283 g/mol. The fourth-order valence-electron chi connectivity index (χ4n) is 2.21. The highest BCUT2D eigenvalue weighted by atomic mass is 35.5. The normalized spacial score (nSPS) is 10.5. The second-order valence-electron chi connectivity index (χ2n) is 4.57. The lowest BCUT2D eigenvalue weighted by molar-refractivity contribution is 0.632. The fourth-order valence-corrected chi connectivity index (χ4v) is 2.40. The van der Waals surface area contributed by atoms with Gasteiger partial charge < -0.3 is 0 Å². The molecule has 0 fully saturated rings. The lowest BCUT2D eigenvalue weighted by Crippen LogP contribution is -1.86. The highest BCUT2D eigenvalue weighted by molar-refractivity contribution is 6.30. The molecule has 3 aromatic rings. The summed E-state index contributed by atoms with van der Waals surface area (Å²) in [5.41, 5.74) is 3.22. The van der Waals surface area contributed by atoms with Crippen molar-refractivity contribution in [1.29, 1.82) is 0 Å².